The lowest BCUT2D eigenvalue weighted by atomic mass is 10.1. The van der Waals surface area contributed by atoms with Crippen molar-refractivity contribution in [2.24, 2.45) is 0 Å². The smallest absolute Gasteiger partial charge is 0.273 e. The summed E-state index contributed by atoms with van der Waals surface area (Å²) in [4.78, 5) is 36.0. The molecule has 0 bridgehead atoms. The fourth-order valence-electron chi connectivity index (χ4n) is 2.64. The van der Waals surface area contributed by atoms with Gasteiger partial charge in [0.15, 0.2) is 0 Å². The van der Waals surface area contributed by atoms with E-state index in [0.29, 0.717) is 18.5 Å². The Hall–Kier alpha value is -2.44. The van der Waals surface area contributed by atoms with Gasteiger partial charge in [0.05, 0.1) is 4.92 Å². The summed E-state index contributed by atoms with van der Waals surface area (Å²) in [6.07, 6.45) is 1.41. The van der Waals surface area contributed by atoms with Crippen LogP contribution in [0.5, 0.6) is 0 Å². The van der Waals surface area contributed by atoms with Crippen molar-refractivity contribution in [2.75, 3.05) is 13.1 Å². The first kappa shape index (κ1) is 15.9. The molecule has 1 N–H and O–H groups in total. The topological polar surface area (TPSA) is 92.6 Å². The van der Waals surface area contributed by atoms with Crippen molar-refractivity contribution in [3.8, 4) is 0 Å². The summed E-state index contributed by atoms with van der Waals surface area (Å²) in [7, 11) is 0. The van der Waals surface area contributed by atoms with Gasteiger partial charge in [0, 0.05) is 42.7 Å². The van der Waals surface area contributed by atoms with E-state index in [2.05, 4.69) is 5.32 Å². The lowest BCUT2D eigenvalue weighted by Gasteiger charge is -2.22. The molecule has 1 aliphatic rings. The highest BCUT2D eigenvalue weighted by Crippen LogP contribution is 2.21. The number of carbonyl (C=O) groups is 2. The number of nitro benzene ring substituents is 1. The Kier molecular flexibility index (Phi) is 4.75. The second-order valence-corrected chi connectivity index (χ2v) is 5.52. The first-order chi connectivity index (χ1) is 10.4. The van der Waals surface area contributed by atoms with Gasteiger partial charge in [-0.2, -0.15) is 0 Å². The predicted octanol–water partition coefficient (Wildman–Crippen LogP) is 1.64. The molecule has 0 spiro atoms. The number of nitrogens with one attached hydrogen (secondary N) is 1. The molecule has 1 aromatic carbocycles. The molecule has 0 unspecified atom stereocenters. The van der Waals surface area contributed by atoms with Gasteiger partial charge in [0.25, 0.3) is 11.6 Å². The molecular formula is C15H19N3O4. The van der Waals surface area contributed by atoms with Crippen LogP contribution in [0.25, 0.3) is 0 Å². The van der Waals surface area contributed by atoms with Crippen LogP contribution in [0, 0.1) is 17.0 Å². The second kappa shape index (κ2) is 6.55. The molecule has 7 heteroatoms. The van der Waals surface area contributed by atoms with E-state index in [4.69, 9.17) is 0 Å². The Balaban J connectivity index is 2.04. The zero-order valence-corrected chi connectivity index (χ0v) is 12.7. The molecule has 1 saturated heterocycles. The van der Waals surface area contributed by atoms with Crippen molar-refractivity contribution in [3.05, 3.63) is 39.4 Å². The second-order valence-electron chi connectivity index (χ2n) is 5.52. The molecule has 0 aromatic heterocycles. The SMILES string of the molecule is Cc1c(C(=O)N[C@@H](C)CN2CCCC2=O)cccc1[N+](=O)[O-]. The molecule has 7 nitrogen and oxygen atoms in total. The Morgan fingerprint density at radius 1 is 1.50 bits per heavy atom. The van der Waals surface area contributed by atoms with Crippen LogP contribution >= 0.6 is 0 Å². The summed E-state index contributed by atoms with van der Waals surface area (Å²) in [5.41, 5.74) is 0.554. The zero-order chi connectivity index (χ0) is 16.3. The van der Waals surface area contributed by atoms with Gasteiger partial charge < -0.3 is 10.2 Å². The van der Waals surface area contributed by atoms with Crippen molar-refractivity contribution in [3.63, 3.8) is 0 Å². The van der Waals surface area contributed by atoms with Crippen LogP contribution in [0.15, 0.2) is 18.2 Å². The average Bonchev–Trinajstić information content (AvgIpc) is 2.83. The minimum Gasteiger partial charge on any atom is -0.348 e. The number of likely N-dealkylation sites (tertiary alicyclic amines) is 1. The minimum absolute atomic E-state index is 0.0741. The minimum atomic E-state index is -0.502. The molecule has 1 aromatic rings. The first-order valence-corrected chi connectivity index (χ1v) is 7.22. The summed E-state index contributed by atoms with van der Waals surface area (Å²) in [6, 6.07) is 4.21. The Morgan fingerprint density at radius 3 is 2.82 bits per heavy atom. The van der Waals surface area contributed by atoms with Crippen molar-refractivity contribution < 1.29 is 14.5 Å². The van der Waals surface area contributed by atoms with Crippen LogP contribution in [0.2, 0.25) is 0 Å². The highest BCUT2D eigenvalue weighted by molar-refractivity contribution is 5.96. The summed E-state index contributed by atoms with van der Waals surface area (Å²) in [5.74, 6) is -0.257. The van der Waals surface area contributed by atoms with Crippen LogP contribution in [-0.2, 0) is 4.79 Å². The molecule has 1 aliphatic heterocycles. The van der Waals surface area contributed by atoms with Gasteiger partial charge in [-0.1, -0.05) is 6.07 Å². The normalized spacial score (nSPS) is 15.7. The fourth-order valence-corrected chi connectivity index (χ4v) is 2.64. The van der Waals surface area contributed by atoms with Crippen molar-refractivity contribution in [1.29, 1.82) is 0 Å². The number of amides is 2. The molecule has 2 rings (SSSR count). The molecule has 22 heavy (non-hydrogen) atoms. The van der Waals surface area contributed by atoms with E-state index in [0.717, 1.165) is 13.0 Å². The lowest BCUT2D eigenvalue weighted by molar-refractivity contribution is -0.385. The van der Waals surface area contributed by atoms with E-state index in [-0.39, 0.29) is 29.1 Å². The van der Waals surface area contributed by atoms with E-state index in [9.17, 15) is 19.7 Å². The van der Waals surface area contributed by atoms with Gasteiger partial charge in [-0.3, -0.25) is 19.7 Å². The number of nitrogens with zero attached hydrogens (tertiary/aromatic N) is 2. The Morgan fingerprint density at radius 2 is 2.23 bits per heavy atom. The molecule has 1 atom stereocenters. The lowest BCUT2D eigenvalue weighted by Crippen LogP contribution is -2.42. The highest BCUT2D eigenvalue weighted by atomic mass is 16.6. The molecule has 1 fully saturated rings. The van der Waals surface area contributed by atoms with Crippen LogP contribution < -0.4 is 5.32 Å². The zero-order valence-electron chi connectivity index (χ0n) is 12.7. The number of hydrogen-bond donors (Lipinski definition) is 1. The third kappa shape index (κ3) is 3.41. The van der Waals surface area contributed by atoms with Crippen molar-refractivity contribution >= 4 is 17.5 Å². The van der Waals surface area contributed by atoms with E-state index >= 15 is 0 Å². The van der Waals surface area contributed by atoms with Crippen LogP contribution in [0.4, 0.5) is 5.69 Å². The van der Waals surface area contributed by atoms with Crippen LogP contribution in [0.3, 0.4) is 0 Å². The third-order valence-corrected chi connectivity index (χ3v) is 3.79. The molecule has 2 amide bonds. The monoisotopic (exact) mass is 305 g/mol. The molecule has 0 radical (unpaired) electrons. The molecular weight excluding hydrogens is 286 g/mol. The van der Waals surface area contributed by atoms with Crippen molar-refractivity contribution in [2.45, 2.75) is 32.7 Å². The maximum atomic E-state index is 12.3. The number of carbonyl (C=O) groups excluding carboxylic acids is 2. The average molecular weight is 305 g/mol. The summed E-state index contributed by atoms with van der Waals surface area (Å²) in [6.45, 7) is 4.55. The van der Waals surface area contributed by atoms with Gasteiger partial charge in [-0.05, 0) is 26.3 Å². The van der Waals surface area contributed by atoms with Gasteiger partial charge in [-0.15, -0.1) is 0 Å². The van der Waals surface area contributed by atoms with E-state index in [1.54, 1.807) is 17.9 Å². The highest BCUT2D eigenvalue weighted by Gasteiger charge is 2.23. The predicted molar refractivity (Wildman–Crippen MR) is 80.6 cm³/mol. The number of benzene rings is 1. The van der Waals surface area contributed by atoms with Gasteiger partial charge in [-0.25, -0.2) is 0 Å². The van der Waals surface area contributed by atoms with Gasteiger partial charge >= 0.3 is 0 Å². The van der Waals surface area contributed by atoms with Gasteiger partial charge in [0.2, 0.25) is 5.91 Å². The van der Waals surface area contributed by atoms with Crippen LogP contribution in [0.1, 0.15) is 35.7 Å². The molecule has 0 aliphatic carbocycles. The first-order valence-electron chi connectivity index (χ1n) is 7.22. The number of rotatable bonds is 5. The molecule has 1 heterocycles. The third-order valence-electron chi connectivity index (χ3n) is 3.79. The summed E-state index contributed by atoms with van der Waals surface area (Å²) < 4.78 is 0. The maximum absolute atomic E-state index is 12.3. The van der Waals surface area contributed by atoms with E-state index < -0.39 is 4.92 Å². The van der Waals surface area contributed by atoms with E-state index in [1.807, 2.05) is 6.92 Å². The Bertz CT molecular complexity index is 615. The standard InChI is InChI=1S/C15H19N3O4/c1-10(9-17-8-4-7-14(17)19)16-15(20)12-5-3-6-13(11(12)2)18(21)22/h3,5-6,10H,4,7-9H2,1-2H3,(H,16,20)/t10-/m0/s1. The number of nitro groups is 1. The van der Waals surface area contributed by atoms with Gasteiger partial charge in [0.1, 0.15) is 0 Å². The molecule has 0 saturated carbocycles. The summed E-state index contributed by atoms with van der Waals surface area (Å²) >= 11 is 0. The summed E-state index contributed by atoms with van der Waals surface area (Å²) in [5, 5.41) is 13.7. The molecule has 118 valence electrons. The fraction of sp³-hybridized carbons (Fsp3) is 0.467. The van der Waals surface area contributed by atoms with E-state index in [1.165, 1.54) is 12.1 Å². The Labute approximate surface area is 128 Å². The largest absolute Gasteiger partial charge is 0.348 e. The van der Waals surface area contributed by atoms with Crippen LogP contribution in [-0.4, -0.2) is 40.8 Å². The maximum Gasteiger partial charge on any atom is 0.273 e. The quantitative estimate of drug-likeness (QED) is 0.661. The number of hydrogen-bond acceptors (Lipinski definition) is 4. The van der Waals surface area contributed by atoms with Crippen molar-refractivity contribution in [1.82, 2.24) is 10.2 Å².